The first kappa shape index (κ1) is 17.3. The van der Waals surface area contributed by atoms with Crippen molar-refractivity contribution in [1.82, 2.24) is 10.2 Å². The summed E-state index contributed by atoms with van der Waals surface area (Å²) in [4.78, 5) is 11.9. The Labute approximate surface area is 145 Å². The molecule has 128 valence electrons. The Hall–Kier alpha value is -2.54. The summed E-state index contributed by atoms with van der Waals surface area (Å²) in [5, 5.41) is 6.01. The molecule has 0 aliphatic heterocycles. The van der Waals surface area contributed by atoms with Crippen molar-refractivity contribution in [2.45, 2.75) is 22.9 Å². The van der Waals surface area contributed by atoms with Gasteiger partial charge in [0.1, 0.15) is 0 Å². The van der Waals surface area contributed by atoms with Gasteiger partial charge in [0.2, 0.25) is 0 Å². The fourth-order valence-corrected chi connectivity index (χ4v) is 3.19. The third-order valence-corrected chi connectivity index (χ3v) is 4.59. The monoisotopic (exact) mass is 362 g/mol. The fraction of sp³-hybridized carbons (Fsp3) is 0.111. The van der Waals surface area contributed by atoms with E-state index in [0.717, 1.165) is 28.3 Å². The number of hydrogen-bond acceptors (Lipinski definition) is 3. The molecule has 0 saturated heterocycles. The number of rotatable bonds is 3. The summed E-state index contributed by atoms with van der Waals surface area (Å²) in [6.07, 6.45) is -4.49. The minimum Gasteiger partial charge on any atom is -0.268 e. The van der Waals surface area contributed by atoms with Gasteiger partial charge >= 0.3 is 6.18 Å². The van der Waals surface area contributed by atoms with Crippen molar-refractivity contribution in [3.8, 4) is 11.3 Å². The topological polar surface area (TPSA) is 45.8 Å². The molecule has 0 aliphatic carbocycles. The maximum absolute atomic E-state index is 13.5. The normalized spacial score (nSPS) is 11.5. The molecule has 1 N–H and O–H groups in total. The third kappa shape index (κ3) is 4.11. The quantitative estimate of drug-likeness (QED) is 0.720. The molecule has 0 radical (unpaired) electrons. The lowest BCUT2D eigenvalue weighted by atomic mass is 10.1. The van der Waals surface area contributed by atoms with Gasteiger partial charge in [-0.1, -0.05) is 35.5 Å². The van der Waals surface area contributed by atoms with Gasteiger partial charge in [-0.2, -0.15) is 18.3 Å². The van der Waals surface area contributed by atoms with Gasteiger partial charge in [-0.3, -0.25) is 4.79 Å². The zero-order valence-corrected chi connectivity index (χ0v) is 13.9. The Morgan fingerprint density at radius 2 is 1.72 bits per heavy atom. The van der Waals surface area contributed by atoms with Crippen molar-refractivity contribution in [3.05, 3.63) is 76.1 Å². The molecular formula is C18H13F3N2OS. The Bertz CT molecular complexity index is 929. The number of aryl methyl sites for hydroxylation is 1. The highest BCUT2D eigenvalue weighted by Crippen LogP contribution is 2.41. The number of hydrogen-bond donors (Lipinski definition) is 1. The van der Waals surface area contributed by atoms with E-state index in [1.54, 1.807) is 18.2 Å². The molecule has 1 heterocycles. The summed E-state index contributed by atoms with van der Waals surface area (Å²) < 4.78 is 40.5. The number of alkyl halides is 3. The maximum atomic E-state index is 13.5. The van der Waals surface area contributed by atoms with Crippen LogP contribution in [-0.2, 0) is 6.18 Å². The molecule has 1 aromatic heterocycles. The second kappa shape index (κ2) is 6.76. The predicted molar refractivity (Wildman–Crippen MR) is 90.6 cm³/mol. The lowest BCUT2D eigenvalue weighted by Crippen LogP contribution is -2.08. The first-order valence-corrected chi connectivity index (χ1v) is 8.16. The van der Waals surface area contributed by atoms with Crippen LogP contribution in [0.15, 0.2) is 69.2 Å². The molecule has 0 spiro atoms. The molecule has 25 heavy (non-hydrogen) atoms. The highest BCUT2D eigenvalue weighted by Gasteiger charge is 2.34. The Kier molecular flexibility index (Phi) is 4.67. The highest BCUT2D eigenvalue weighted by molar-refractivity contribution is 7.99. The maximum Gasteiger partial charge on any atom is 0.417 e. The van der Waals surface area contributed by atoms with E-state index in [1.807, 2.05) is 19.1 Å². The molecule has 0 saturated carbocycles. The van der Waals surface area contributed by atoms with Gasteiger partial charge in [0.25, 0.3) is 5.56 Å². The molecule has 0 amide bonds. The van der Waals surface area contributed by atoms with Crippen molar-refractivity contribution in [2.75, 3.05) is 0 Å². The van der Waals surface area contributed by atoms with Gasteiger partial charge in [-0.25, -0.2) is 5.10 Å². The van der Waals surface area contributed by atoms with Crippen LogP contribution in [0.3, 0.4) is 0 Å². The molecule has 3 nitrogen and oxygen atoms in total. The smallest absolute Gasteiger partial charge is 0.268 e. The van der Waals surface area contributed by atoms with Crippen LogP contribution < -0.4 is 5.56 Å². The molecule has 0 fully saturated rings. The molecule has 0 unspecified atom stereocenters. The van der Waals surface area contributed by atoms with Crippen molar-refractivity contribution < 1.29 is 13.2 Å². The average molecular weight is 362 g/mol. The van der Waals surface area contributed by atoms with Crippen LogP contribution in [0.5, 0.6) is 0 Å². The third-order valence-electron chi connectivity index (χ3n) is 3.51. The van der Waals surface area contributed by atoms with Gasteiger partial charge in [-0.15, -0.1) is 0 Å². The second-order valence-corrected chi connectivity index (χ2v) is 6.55. The second-order valence-electron chi connectivity index (χ2n) is 5.43. The minimum atomic E-state index is -4.49. The van der Waals surface area contributed by atoms with Crippen LogP contribution >= 0.6 is 11.8 Å². The number of aromatic nitrogens is 2. The van der Waals surface area contributed by atoms with Crippen LogP contribution in [0, 0.1) is 6.92 Å². The molecule has 0 atom stereocenters. The average Bonchev–Trinajstić information content (AvgIpc) is 2.57. The van der Waals surface area contributed by atoms with Crippen LogP contribution in [-0.4, -0.2) is 10.2 Å². The summed E-state index contributed by atoms with van der Waals surface area (Å²) in [6.45, 7) is 1.92. The van der Waals surface area contributed by atoms with Crippen molar-refractivity contribution >= 4 is 11.8 Å². The highest BCUT2D eigenvalue weighted by atomic mass is 32.2. The van der Waals surface area contributed by atoms with E-state index in [-0.39, 0.29) is 16.2 Å². The molecule has 3 aromatic rings. The van der Waals surface area contributed by atoms with E-state index in [4.69, 9.17) is 0 Å². The van der Waals surface area contributed by atoms with E-state index in [1.165, 1.54) is 18.2 Å². The molecule has 2 aromatic carbocycles. The van der Waals surface area contributed by atoms with E-state index in [0.29, 0.717) is 0 Å². The molecule has 0 bridgehead atoms. The first-order chi connectivity index (χ1) is 11.8. The van der Waals surface area contributed by atoms with E-state index in [2.05, 4.69) is 10.2 Å². The van der Waals surface area contributed by atoms with Crippen LogP contribution in [0.2, 0.25) is 0 Å². The Morgan fingerprint density at radius 3 is 2.32 bits per heavy atom. The van der Waals surface area contributed by atoms with Gasteiger partial charge in [0.05, 0.1) is 11.3 Å². The summed E-state index contributed by atoms with van der Waals surface area (Å²) >= 11 is 1.06. The minimum absolute atomic E-state index is 0.115. The van der Waals surface area contributed by atoms with Gasteiger partial charge in [0.15, 0.2) is 0 Å². The molecule has 0 aliphatic rings. The van der Waals surface area contributed by atoms with Gasteiger partial charge < -0.3 is 0 Å². The largest absolute Gasteiger partial charge is 0.417 e. The first-order valence-electron chi connectivity index (χ1n) is 7.35. The number of benzene rings is 2. The van der Waals surface area contributed by atoms with E-state index >= 15 is 0 Å². The summed E-state index contributed by atoms with van der Waals surface area (Å²) in [6, 6.07) is 13.9. The standard InChI is InChI=1S/C18H13F3N2OS/c1-11-2-5-13(6-3-11)25-16-8-4-12(10-14(16)18(19,20)21)15-7-9-17(24)23-22-15/h2-10H,1H3,(H,23,24). The van der Waals surface area contributed by atoms with Gasteiger partial charge in [0, 0.05) is 21.4 Å². The Morgan fingerprint density at radius 1 is 1.00 bits per heavy atom. The summed E-state index contributed by atoms with van der Waals surface area (Å²) in [5.41, 5.74) is 0.462. The zero-order chi connectivity index (χ0) is 18.0. The van der Waals surface area contributed by atoms with Crippen molar-refractivity contribution in [3.63, 3.8) is 0 Å². The number of nitrogens with one attached hydrogen (secondary N) is 1. The van der Waals surface area contributed by atoms with E-state index < -0.39 is 17.3 Å². The lowest BCUT2D eigenvalue weighted by Gasteiger charge is -2.14. The van der Waals surface area contributed by atoms with Crippen LogP contribution in [0.25, 0.3) is 11.3 Å². The van der Waals surface area contributed by atoms with Crippen molar-refractivity contribution in [2.24, 2.45) is 0 Å². The SMILES string of the molecule is Cc1ccc(Sc2ccc(-c3ccc(=O)[nH]n3)cc2C(F)(F)F)cc1. The fourth-order valence-electron chi connectivity index (χ4n) is 2.24. The number of nitrogens with zero attached hydrogens (tertiary/aromatic N) is 1. The Balaban J connectivity index is 2.02. The molecular weight excluding hydrogens is 349 g/mol. The molecule has 3 rings (SSSR count). The van der Waals surface area contributed by atoms with Crippen molar-refractivity contribution in [1.29, 1.82) is 0 Å². The number of aromatic amines is 1. The van der Waals surface area contributed by atoms with Gasteiger partial charge in [-0.05, 0) is 37.3 Å². The summed E-state index contributed by atoms with van der Waals surface area (Å²) in [7, 11) is 0. The van der Waals surface area contributed by atoms with E-state index in [9.17, 15) is 18.0 Å². The predicted octanol–water partition coefficient (Wildman–Crippen LogP) is 4.92. The zero-order valence-electron chi connectivity index (χ0n) is 13.1. The number of H-pyrrole nitrogens is 1. The van der Waals surface area contributed by atoms with Crippen LogP contribution in [0.4, 0.5) is 13.2 Å². The van der Waals surface area contributed by atoms with Crippen LogP contribution in [0.1, 0.15) is 11.1 Å². The molecule has 7 heteroatoms. The lowest BCUT2D eigenvalue weighted by molar-refractivity contribution is -0.139. The summed E-state index contributed by atoms with van der Waals surface area (Å²) in [5.74, 6) is 0. The number of halogens is 3.